The summed E-state index contributed by atoms with van der Waals surface area (Å²) in [5.41, 5.74) is 8.49. The first kappa shape index (κ1) is 29.3. The van der Waals surface area contributed by atoms with Gasteiger partial charge in [-0.25, -0.2) is 15.0 Å². The van der Waals surface area contributed by atoms with E-state index < -0.39 is 0 Å². The Morgan fingerprint density at radius 3 is 2.04 bits per heavy atom. The first-order valence-electron chi connectivity index (χ1n) is 17.4. The summed E-state index contributed by atoms with van der Waals surface area (Å²) >= 11 is 0. The first-order chi connectivity index (χ1) is 25.2. The van der Waals surface area contributed by atoms with Crippen LogP contribution < -0.4 is 10.4 Å². The second-order valence-corrected chi connectivity index (χ2v) is 13.2. The van der Waals surface area contributed by atoms with Crippen LogP contribution in [0, 0.1) is 0 Å². The van der Waals surface area contributed by atoms with Gasteiger partial charge in [0.1, 0.15) is 17.0 Å². The summed E-state index contributed by atoms with van der Waals surface area (Å²) in [6, 6.07) is 57.2. The molecule has 0 aliphatic heterocycles. The molecular formula is C47H31N3O. The molecule has 2 aromatic heterocycles. The van der Waals surface area contributed by atoms with Gasteiger partial charge in [0.25, 0.3) is 0 Å². The SMILES string of the molecule is C1=c2ccccc2=C(c2cccc3oc4ccccc4c23)CC1c1nc(-c2ccc(-c3ccccc3)cc2)nc(-c2ccc3ccccc3c2)n1. The predicted octanol–water partition coefficient (Wildman–Crippen LogP) is 10.1. The number of furan rings is 1. The third-order valence-electron chi connectivity index (χ3n) is 10.1. The summed E-state index contributed by atoms with van der Waals surface area (Å²) in [5, 5.41) is 7.01. The Bertz CT molecular complexity index is 2890. The van der Waals surface area contributed by atoms with Crippen LogP contribution in [0.15, 0.2) is 168 Å². The molecule has 7 aromatic carbocycles. The number of fused-ring (bicyclic) bond motifs is 5. The van der Waals surface area contributed by atoms with Crippen molar-refractivity contribution in [2.45, 2.75) is 12.3 Å². The largest absolute Gasteiger partial charge is 0.456 e. The molecule has 1 atom stereocenters. The number of rotatable bonds is 5. The Kier molecular flexibility index (Phi) is 6.91. The maximum atomic E-state index is 6.33. The van der Waals surface area contributed by atoms with Gasteiger partial charge in [-0.1, -0.05) is 152 Å². The molecule has 4 heteroatoms. The molecule has 1 aliphatic rings. The van der Waals surface area contributed by atoms with Gasteiger partial charge in [-0.05, 0) is 68.1 Å². The highest BCUT2D eigenvalue weighted by Crippen LogP contribution is 2.38. The van der Waals surface area contributed by atoms with Gasteiger partial charge < -0.3 is 4.42 Å². The van der Waals surface area contributed by atoms with Crippen molar-refractivity contribution < 1.29 is 4.42 Å². The van der Waals surface area contributed by atoms with Crippen molar-refractivity contribution in [1.82, 2.24) is 15.0 Å². The van der Waals surface area contributed by atoms with E-state index in [4.69, 9.17) is 19.4 Å². The Hall–Kier alpha value is -6.65. The van der Waals surface area contributed by atoms with Crippen molar-refractivity contribution in [3.63, 3.8) is 0 Å². The predicted molar refractivity (Wildman–Crippen MR) is 207 cm³/mol. The maximum absolute atomic E-state index is 6.33. The fourth-order valence-corrected chi connectivity index (χ4v) is 7.56. The Labute approximate surface area is 294 Å². The van der Waals surface area contributed by atoms with Gasteiger partial charge in [0, 0.05) is 27.8 Å². The number of para-hydroxylation sites is 1. The monoisotopic (exact) mass is 653 g/mol. The van der Waals surface area contributed by atoms with Gasteiger partial charge in [-0.3, -0.25) is 0 Å². The molecule has 0 saturated carbocycles. The number of hydrogen-bond acceptors (Lipinski definition) is 4. The quantitative estimate of drug-likeness (QED) is 0.186. The fraction of sp³-hybridized carbons (Fsp3) is 0.0426. The van der Waals surface area contributed by atoms with Crippen molar-refractivity contribution >= 4 is 44.4 Å². The Morgan fingerprint density at radius 1 is 0.490 bits per heavy atom. The molecule has 9 aromatic rings. The summed E-state index contributed by atoms with van der Waals surface area (Å²) in [4.78, 5) is 15.6. The average Bonchev–Trinajstić information content (AvgIpc) is 3.60. The van der Waals surface area contributed by atoms with Gasteiger partial charge in [0.2, 0.25) is 0 Å². The molecule has 0 spiro atoms. The second kappa shape index (κ2) is 12.0. The van der Waals surface area contributed by atoms with Gasteiger partial charge in [-0.15, -0.1) is 0 Å². The van der Waals surface area contributed by atoms with Gasteiger partial charge in [0.15, 0.2) is 11.6 Å². The lowest BCUT2D eigenvalue weighted by molar-refractivity contribution is 0.669. The molecule has 0 N–H and O–H groups in total. The van der Waals surface area contributed by atoms with Crippen LogP contribution in [0.25, 0.3) is 78.3 Å². The maximum Gasteiger partial charge on any atom is 0.163 e. The molecule has 1 unspecified atom stereocenters. The van der Waals surface area contributed by atoms with Gasteiger partial charge >= 0.3 is 0 Å². The highest BCUT2D eigenvalue weighted by atomic mass is 16.3. The minimum atomic E-state index is -0.0760. The standard InChI is InChI=1S/C47H31N3O/c1-2-11-30(12-3-1)32-21-24-33(25-22-32)45-48-46(36-26-23-31-13-4-5-14-34(31)27-36)50-47(49-45)37-28-35-15-6-7-16-38(35)41(29-37)39-18-10-20-43-44(39)40-17-8-9-19-42(40)51-43/h1-28,37H,29H2. The third-order valence-corrected chi connectivity index (χ3v) is 10.1. The van der Waals surface area contributed by atoms with E-state index in [2.05, 4.69) is 152 Å². The molecule has 0 radical (unpaired) electrons. The van der Waals surface area contributed by atoms with Gasteiger partial charge in [-0.2, -0.15) is 0 Å². The summed E-state index contributed by atoms with van der Waals surface area (Å²) in [5.74, 6) is 2.02. The van der Waals surface area contributed by atoms with Crippen molar-refractivity contribution in [1.29, 1.82) is 0 Å². The van der Waals surface area contributed by atoms with Crippen molar-refractivity contribution in [3.8, 4) is 33.9 Å². The zero-order valence-corrected chi connectivity index (χ0v) is 27.7. The minimum absolute atomic E-state index is 0.0760. The zero-order valence-electron chi connectivity index (χ0n) is 27.7. The lowest BCUT2D eigenvalue weighted by Crippen LogP contribution is -2.32. The van der Waals surface area contributed by atoms with Crippen LogP contribution in [0.4, 0.5) is 0 Å². The lowest BCUT2D eigenvalue weighted by atomic mass is 9.85. The molecule has 0 saturated heterocycles. The number of aromatic nitrogens is 3. The van der Waals surface area contributed by atoms with Crippen LogP contribution in [-0.4, -0.2) is 15.0 Å². The molecule has 0 fully saturated rings. The molecule has 4 nitrogen and oxygen atoms in total. The van der Waals surface area contributed by atoms with Crippen LogP contribution in [0.3, 0.4) is 0 Å². The Morgan fingerprint density at radius 2 is 1.16 bits per heavy atom. The number of benzene rings is 7. The third kappa shape index (κ3) is 5.20. The van der Waals surface area contributed by atoms with E-state index in [1.54, 1.807) is 0 Å². The second-order valence-electron chi connectivity index (χ2n) is 13.2. The highest BCUT2D eigenvalue weighted by Gasteiger charge is 2.24. The summed E-state index contributed by atoms with van der Waals surface area (Å²) in [6.45, 7) is 0. The van der Waals surface area contributed by atoms with E-state index in [0.717, 1.165) is 56.3 Å². The van der Waals surface area contributed by atoms with E-state index in [0.29, 0.717) is 11.6 Å². The van der Waals surface area contributed by atoms with Crippen molar-refractivity contribution in [2.75, 3.05) is 0 Å². The van der Waals surface area contributed by atoms with Crippen LogP contribution in [0.1, 0.15) is 23.7 Å². The smallest absolute Gasteiger partial charge is 0.163 e. The molecule has 240 valence electrons. The van der Waals surface area contributed by atoms with E-state index >= 15 is 0 Å². The topological polar surface area (TPSA) is 51.8 Å². The van der Waals surface area contributed by atoms with Crippen LogP contribution in [-0.2, 0) is 0 Å². The summed E-state index contributed by atoms with van der Waals surface area (Å²) in [7, 11) is 0. The van der Waals surface area contributed by atoms with Gasteiger partial charge in [0.05, 0.1) is 0 Å². The summed E-state index contributed by atoms with van der Waals surface area (Å²) < 4.78 is 6.33. The molecule has 10 rings (SSSR count). The van der Waals surface area contributed by atoms with Crippen LogP contribution >= 0.6 is 0 Å². The van der Waals surface area contributed by atoms with Crippen LogP contribution in [0.2, 0.25) is 0 Å². The van der Waals surface area contributed by atoms with Crippen molar-refractivity contribution in [3.05, 3.63) is 186 Å². The van der Waals surface area contributed by atoms with Crippen molar-refractivity contribution in [2.24, 2.45) is 0 Å². The fourth-order valence-electron chi connectivity index (χ4n) is 7.56. The molecule has 51 heavy (non-hydrogen) atoms. The lowest BCUT2D eigenvalue weighted by Gasteiger charge is -2.21. The molecule has 1 aliphatic carbocycles. The average molecular weight is 654 g/mol. The molecule has 0 amide bonds. The van der Waals surface area contributed by atoms with E-state index in [1.165, 1.54) is 32.5 Å². The van der Waals surface area contributed by atoms with E-state index in [-0.39, 0.29) is 5.92 Å². The van der Waals surface area contributed by atoms with E-state index in [9.17, 15) is 0 Å². The minimum Gasteiger partial charge on any atom is -0.456 e. The zero-order chi connectivity index (χ0) is 33.7. The Balaban J connectivity index is 1.14. The van der Waals surface area contributed by atoms with Crippen LogP contribution in [0.5, 0.6) is 0 Å². The summed E-state index contributed by atoms with van der Waals surface area (Å²) in [6.07, 6.45) is 3.07. The first-order valence-corrected chi connectivity index (χ1v) is 17.4. The molecular weight excluding hydrogens is 623 g/mol. The number of nitrogens with zero attached hydrogens (tertiary/aromatic N) is 3. The van der Waals surface area contributed by atoms with E-state index in [1.807, 2.05) is 18.2 Å². The molecule has 0 bridgehead atoms. The highest BCUT2D eigenvalue weighted by molar-refractivity contribution is 6.10. The molecule has 2 heterocycles. The number of hydrogen-bond donors (Lipinski definition) is 0. The normalized spacial score (nSPS) is 14.1.